The van der Waals surface area contributed by atoms with Crippen molar-refractivity contribution in [3.63, 3.8) is 0 Å². The molecule has 2 rings (SSSR count). The first kappa shape index (κ1) is 14.4. The van der Waals surface area contributed by atoms with Crippen LogP contribution in [-0.4, -0.2) is 45.5 Å². The van der Waals surface area contributed by atoms with Crippen LogP contribution in [-0.2, 0) is 14.8 Å². The molecule has 1 atom stereocenters. The molecule has 0 aliphatic carbocycles. The smallest absolute Gasteiger partial charge is 0.255 e. The third kappa shape index (κ3) is 2.81. The van der Waals surface area contributed by atoms with Gasteiger partial charge in [-0.15, -0.1) is 11.3 Å². The highest BCUT2D eigenvalue weighted by molar-refractivity contribution is 7.91. The van der Waals surface area contributed by atoms with E-state index in [9.17, 15) is 13.2 Å². The van der Waals surface area contributed by atoms with Gasteiger partial charge in [0.25, 0.3) is 5.91 Å². The maximum Gasteiger partial charge on any atom is 0.255 e. The predicted octanol–water partition coefficient (Wildman–Crippen LogP) is 0.565. The summed E-state index contributed by atoms with van der Waals surface area (Å²) in [5, 5.41) is 6.65. The monoisotopic (exact) mass is 304 g/mol. The molecule has 2 N–H and O–H groups in total. The summed E-state index contributed by atoms with van der Waals surface area (Å²) < 4.78 is 28.0. The van der Waals surface area contributed by atoms with Crippen molar-refractivity contribution >= 4 is 27.3 Å². The van der Waals surface area contributed by atoms with E-state index in [0.717, 1.165) is 17.8 Å². The predicted molar refractivity (Wildman–Crippen MR) is 71.7 cm³/mol. The maximum atomic E-state index is 12.3. The largest absolute Gasteiger partial charge is 0.379 e. The van der Waals surface area contributed by atoms with E-state index in [1.165, 1.54) is 0 Å². The third-order valence-corrected chi connectivity index (χ3v) is 5.94. The van der Waals surface area contributed by atoms with Crippen LogP contribution < -0.4 is 5.14 Å². The Morgan fingerprint density at radius 3 is 2.74 bits per heavy atom. The minimum absolute atomic E-state index is 0.0460. The molecule has 19 heavy (non-hydrogen) atoms. The topological polar surface area (TPSA) is 89.7 Å². The molecule has 0 saturated carbocycles. The lowest BCUT2D eigenvalue weighted by Crippen LogP contribution is -2.37. The van der Waals surface area contributed by atoms with Gasteiger partial charge in [0.2, 0.25) is 10.0 Å². The van der Waals surface area contributed by atoms with Crippen molar-refractivity contribution in [1.29, 1.82) is 0 Å². The lowest BCUT2D eigenvalue weighted by atomic mass is 10.1. The molecule has 8 heteroatoms. The van der Waals surface area contributed by atoms with Crippen LogP contribution in [0, 0.1) is 6.92 Å². The molecule has 0 bridgehead atoms. The summed E-state index contributed by atoms with van der Waals surface area (Å²) in [6, 6.07) is 0.0460. The highest BCUT2D eigenvalue weighted by Crippen LogP contribution is 2.27. The Bertz CT molecular complexity index is 588. The summed E-state index contributed by atoms with van der Waals surface area (Å²) in [5.41, 5.74) is 0.812. The molecule has 1 aromatic rings. The Balaban J connectivity index is 2.27. The number of thiophene rings is 1. The van der Waals surface area contributed by atoms with Crippen LogP contribution in [0.4, 0.5) is 0 Å². The van der Waals surface area contributed by atoms with E-state index in [1.807, 2.05) is 0 Å². The lowest BCUT2D eigenvalue weighted by molar-refractivity contribution is 0.0711. The molecular weight excluding hydrogens is 288 g/mol. The number of carbonyl (C=O) groups is 1. The highest BCUT2D eigenvalue weighted by Gasteiger charge is 2.28. The molecule has 6 nitrogen and oxygen atoms in total. The number of rotatable bonds is 3. The van der Waals surface area contributed by atoms with Gasteiger partial charge in [0, 0.05) is 19.0 Å². The van der Waals surface area contributed by atoms with Gasteiger partial charge in [-0.05, 0) is 18.9 Å². The number of carbonyl (C=O) groups excluding carboxylic acids is 1. The van der Waals surface area contributed by atoms with Crippen molar-refractivity contribution < 1.29 is 17.9 Å². The minimum Gasteiger partial charge on any atom is -0.379 e. The molecule has 1 aromatic heterocycles. The van der Waals surface area contributed by atoms with Gasteiger partial charge in [-0.1, -0.05) is 0 Å². The van der Waals surface area contributed by atoms with Gasteiger partial charge >= 0.3 is 0 Å². The Kier molecular flexibility index (Phi) is 3.95. The second-order valence-corrected chi connectivity index (χ2v) is 7.18. The SMILES string of the molecule is Cc1c(C(=O)N(C)C2CCOC2)csc1S(N)(=O)=O. The molecule has 1 amide bonds. The van der Waals surface area contributed by atoms with E-state index in [-0.39, 0.29) is 16.2 Å². The van der Waals surface area contributed by atoms with Gasteiger partial charge in [-0.25, -0.2) is 13.6 Å². The van der Waals surface area contributed by atoms with E-state index >= 15 is 0 Å². The Morgan fingerprint density at radius 1 is 1.58 bits per heavy atom. The average molecular weight is 304 g/mol. The molecule has 0 aromatic carbocycles. The molecule has 1 aliphatic rings. The first-order valence-electron chi connectivity index (χ1n) is 5.78. The summed E-state index contributed by atoms with van der Waals surface area (Å²) in [6.07, 6.45) is 0.799. The highest BCUT2D eigenvalue weighted by atomic mass is 32.2. The first-order valence-corrected chi connectivity index (χ1v) is 8.20. The molecule has 0 radical (unpaired) electrons. The number of hydrogen-bond acceptors (Lipinski definition) is 5. The van der Waals surface area contributed by atoms with Crippen LogP contribution in [0.25, 0.3) is 0 Å². The van der Waals surface area contributed by atoms with E-state index in [1.54, 1.807) is 24.3 Å². The molecule has 0 spiro atoms. The molecule has 106 valence electrons. The third-order valence-electron chi connectivity index (χ3n) is 3.26. The zero-order chi connectivity index (χ0) is 14.2. The molecule has 2 heterocycles. The molecule has 1 unspecified atom stereocenters. The van der Waals surface area contributed by atoms with Crippen LogP contribution >= 0.6 is 11.3 Å². The molecular formula is C11H16N2O4S2. The van der Waals surface area contributed by atoms with E-state index in [0.29, 0.717) is 24.3 Å². The normalized spacial score (nSPS) is 19.6. The van der Waals surface area contributed by atoms with Gasteiger partial charge < -0.3 is 9.64 Å². The van der Waals surface area contributed by atoms with E-state index in [2.05, 4.69) is 0 Å². The number of sulfonamides is 1. The lowest BCUT2D eigenvalue weighted by Gasteiger charge is -2.23. The van der Waals surface area contributed by atoms with Gasteiger partial charge in [-0.3, -0.25) is 4.79 Å². The number of likely N-dealkylation sites (N-methyl/N-ethyl adjacent to an activating group) is 1. The number of nitrogens with zero attached hydrogens (tertiary/aromatic N) is 1. The molecule has 1 fully saturated rings. The van der Waals surface area contributed by atoms with Crippen LogP contribution in [0.15, 0.2) is 9.59 Å². The number of hydrogen-bond donors (Lipinski definition) is 1. The fourth-order valence-electron chi connectivity index (χ4n) is 2.07. The number of amides is 1. The number of primary sulfonamides is 1. The minimum atomic E-state index is -3.77. The van der Waals surface area contributed by atoms with Crippen LogP contribution in [0.3, 0.4) is 0 Å². The van der Waals surface area contributed by atoms with Crippen molar-refractivity contribution in [3.05, 3.63) is 16.5 Å². The van der Waals surface area contributed by atoms with Gasteiger partial charge in [-0.2, -0.15) is 0 Å². The summed E-state index contributed by atoms with van der Waals surface area (Å²) >= 11 is 0.980. The zero-order valence-electron chi connectivity index (χ0n) is 10.8. The summed E-state index contributed by atoms with van der Waals surface area (Å²) in [5.74, 6) is -0.195. The fraction of sp³-hybridized carbons (Fsp3) is 0.545. The van der Waals surface area contributed by atoms with Gasteiger partial charge in [0.05, 0.1) is 18.2 Å². The summed E-state index contributed by atoms with van der Waals surface area (Å²) in [6.45, 7) is 2.77. The Morgan fingerprint density at radius 2 is 2.26 bits per heavy atom. The van der Waals surface area contributed by atoms with Crippen molar-refractivity contribution in [3.8, 4) is 0 Å². The summed E-state index contributed by atoms with van der Waals surface area (Å²) in [4.78, 5) is 13.9. The van der Waals surface area contributed by atoms with Crippen LogP contribution in [0.2, 0.25) is 0 Å². The Hall–Kier alpha value is -0.960. The van der Waals surface area contributed by atoms with E-state index < -0.39 is 10.0 Å². The summed E-state index contributed by atoms with van der Waals surface area (Å²) in [7, 11) is -2.06. The van der Waals surface area contributed by atoms with Crippen molar-refractivity contribution in [2.75, 3.05) is 20.3 Å². The second kappa shape index (κ2) is 5.20. The Labute approximate surface area is 116 Å². The number of nitrogens with two attached hydrogens (primary N) is 1. The fourth-order valence-corrected chi connectivity index (χ4v) is 4.08. The average Bonchev–Trinajstić information content (AvgIpc) is 2.94. The zero-order valence-corrected chi connectivity index (χ0v) is 12.4. The standard InChI is InChI=1S/C11H16N2O4S2/c1-7-9(6-18-11(7)19(12,15)16)10(14)13(2)8-3-4-17-5-8/h6,8H,3-5H2,1-2H3,(H2,12,15,16). The van der Waals surface area contributed by atoms with Gasteiger partial charge in [0.15, 0.2) is 0 Å². The molecule has 1 saturated heterocycles. The maximum absolute atomic E-state index is 12.3. The van der Waals surface area contributed by atoms with Crippen LogP contribution in [0.1, 0.15) is 22.3 Å². The van der Waals surface area contributed by atoms with Crippen molar-refractivity contribution in [2.24, 2.45) is 5.14 Å². The van der Waals surface area contributed by atoms with Gasteiger partial charge in [0.1, 0.15) is 4.21 Å². The van der Waals surface area contributed by atoms with Crippen molar-refractivity contribution in [1.82, 2.24) is 4.90 Å². The number of ether oxygens (including phenoxy) is 1. The first-order chi connectivity index (χ1) is 8.82. The second-order valence-electron chi connectivity index (χ2n) is 4.54. The molecule has 1 aliphatic heterocycles. The van der Waals surface area contributed by atoms with Crippen molar-refractivity contribution in [2.45, 2.75) is 23.6 Å². The van der Waals surface area contributed by atoms with Crippen LogP contribution in [0.5, 0.6) is 0 Å². The quantitative estimate of drug-likeness (QED) is 0.883. The van der Waals surface area contributed by atoms with E-state index in [4.69, 9.17) is 9.88 Å².